The summed E-state index contributed by atoms with van der Waals surface area (Å²) in [6.07, 6.45) is 1.74. The minimum atomic E-state index is 0.430. The molecule has 0 aliphatic heterocycles. The second-order valence-corrected chi connectivity index (χ2v) is 6.84. The summed E-state index contributed by atoms with van der Waals surface area (Å²) < 4.78 is 8.49. The molecule has 3 heterocycles. The molecule has 0 aliphatic rings. The van der Waals surface area contributed by atoms with E-state index >= 15 is 0 Å². The lowest BCUT2D eigenvalue weighted by atomic mass is 10.1. The largest absolute Gasteiger partial charge is 0.496 e. The van der Waals surface area contributed by atoms with E-state index in [4.69, 9.17) is 10.5 Å². The summed E-state index contributed by atoms with van der Waals surface area (Å²) in [5.74, 6) is 1.22. The Kier molecular flexibility index (Phi) is 3.41. The number of nitrogens with two attached hydrogens (primary N) is 1. The highest BCUT2D eigenvalue weighted by Crippen LogP contribution is 2.39. The van der Waals surface area contributed by atoms with Crippen LogP contribution < -0.4 is 10.5 Å². The Labute approximate surface area is 148 Å². The van der Waals surface area contributed by atoms with Gasteiger partial charge in [-0.2, -0.15) is 5.26 Å². The van der Waals surface area contributed by atoms with Crippen molar-refractivity contribution in [3.63, 3.8) is 0 Å². The molecule has 3 aromatic heterocycles. The first-order valence-electron chi connectivity index (χ1n) is 7.79. The number of nitrogen functional groups attached to an aromatic ring is 1. The average molecular weight is 348 g/mol. The normalized spacial score (nSPS) is 11.1. The first kappa shape index (κ1) is 15.5. The molecule has 5 nitrogen and oxygen atoms in total. The van der Waals surface area contributed by atoms with Crippen molar-refractivity contribution in [2.45, 2.75) is 13.8 Å². The van der Waals surface area contributed by atoms with Crippen LogP contribution in [-0.4, -0.2) is 16.7 Å². The Hall–Kier alpha value is -3.04. The van der Waals surface area contributed by atoms with E-state index in [1.807, 2.05) is 42.0 Å². The number of methoxy groups -OCH3 is 1. The maximum Gasteiger partial charge on any atom is 0.127 e. The number of nitrogens with zero attached hydrogens (tertiary/aromatic N) is 3. The van der Waals surface area contributed by atoms with E-state index in [0.29, 0.717) is 11.4 Å². The SMILES string of the molecule is COc1ccc(C)c(-n2c(N)c(C#N)c3cnc4ccsc4c32)c1C. The molecule has 25 heavy (non-hydrogen) atoms. The number of rotatable bonds is 2. The van der Waals surface area contributed by atoms with Gasteiger partial charge in [-0.1, -0.05) is 6.07 Å². The lowest BCUT2D eigenvalue weighted by Crippen LogP contribution is -2.06. The molecule has 4 aromatic rings. The number of aryl methyl sites for hydroxylation is 1. The highest BCUT2D eigenvalue weighted by molar-refractivity contribution is 7.18. The summed E-state index contributed by atoms with van der Waals surface area (Å²) in [4.78, 5) is 4.47. The zero-order valence-corrected chi connectivity index (χ0v) is 14.9. The van der Waals surface area contributed by atoms with Crippen molar-refractivity contribution < 1.29 is 4.74 Å². The van der Waals surface area contributed by atoms with Crippen LogP contribution in [0.5, 0.6) is 5.75 Å². The number of anilines is 1. The molecule has 0 aliphatic carbocycles. The molecule has 0 saturated heterocycles. The molecule has 0 radical (unpaired) electrons. The van der Waals surface area contributed by atoms with Crippen molar-refractivity contribution in [2.24, 2.45) is 0 Å². The molecule has 0 fully saturated rings. The van der Waals surface area contributed by atoms with Gasteiger partial charge in [0.25, 0.3) is 0 Å². The van der Waals surface area contributed by atoms with Gasteiger partial charge in [-0.25, -0.2) is 0 Å². The summed E-state index contributed by atoms with van der Waals surface area (Å²) in [7, 11) is 1.65. The smallest absolute Gasteiger partial charge is 0.127 e. The zero-order valence-electron chi connectivity index (χ0n) is 14.1. The number of pyridine rings is 1. The van der Waals surface area contributed by atoms with Crippen molar-refractivity contribution in [1.82, 2.24) is 9.55 Å². The molecule has 2 N–H and O–H groups in total. The number of fused-ring (bicyclic) bond motifs is 3. The van der Waals surface area contributed by atoms with Crippen molar-refractivity contribution in [3.05, 3.63) is 46.5 Å². The highest BCUT2D eigenvalue weighted by atomic mass is 32.1. The van der Waals surface area contributed by atoms with Crippen LogP contribution >= 0.6 is 11.3 Å². The number of hydrogen-bond acceptors (Lipinski definition) is 5. The number of thiophene rings is 1. The monoisotopic (exact) mass is 348 g/mol. The third-order valence-corrected chi connectivity index (χ3v) is 5.49. The zero-order chi connectivity index (χ0) is 17.7. The molecule has 4 rings (SSSR count). The summed E-state index contributed by atoms with van der Waals surface area (Å²) in [6.45, 7) is 4.04. The Balaban J connectivity index is 2.26. The van der Waals surface area contributed by atoms with E-state index in [1.54, 1.807) is 24.6 Å². The molecule has 0 unspecified atom stereocenters. The number of hydrogen-bond donors (Lipinski definition) is 1. The molecule has 1 aromatic carbocycles. The van der Waals surface area contributed by atoms with Crippen molar-refractivity contribution in [2.75, 3.05) is 12.8 Å². The average Bonchev–Trinajstić information content (AvgIpc) is 3.17. The van der Waals surface area contributed by atoms with Gasteiger partial charge in [-0.05, 0) is 36.9 Å². The predicted octanol–water partition coefficient (Wildman–Crippen LogP) is 4.32. The lowest BCUT2D eigenvalue weighted by Gasteiger charge is -2.17. The first-order chi connectivity index (χ1) is 12.1. The third kappa shape index (κ3) is 2.03. The van der Waals surface area contributed by atoms with Crippen LogP contribution in [0.3, 0.4) is 0 Å². The minimum Gasteiger partial charge on any atom is -0.496 e. The van der Waals surface area contributed by atoms with E-state index in [-0.39, 0.29) is 0 Å². The third-order valence-electron chi connectivity index (χ3n) is 4.58. The van der Waals surface area contributed by atoms with Gasteiger partial charge in [0.2, 0.25) is 0 Å². The molecule has 124 valence electrons. The predicted molar refractivity (Wildman–Crippen MR) is 102 cm³/mol. The summed E-state index contributed by atoms with van der Waals surface area (Å²) in [5, 5.41) is 12.4. The number of benzene rings is 1. The van der Waals surface area contributed by atoms with E-state index in [1.165, 1.54) is 0 Å². The molecule has 0 bridgehead atoms. The fourth-order valence-corrected chi connectivity index (χ4v) is 4.29. The second-order valence-electron chi connectivity index (χ2n) is 5.92. The highest BCUT2D eigenvalue weighted by Gasteiger charge is 2.22. The lowest BCUT2D eigenvalue weighted by molar-refractivity contribution is 0.411. The van der Waals surface area contributed by atoms with Gasteiger partial charge < -0.3 is 10.5 Å². The van der Waals surface area contributed by atoms with Crippen LogP contribution in [0, 0.1) is 25.2 Å². The summed E-state index contributed by atoms with van der Waals surface area (Å²) >= 11 is 1.60. The van der Waals surface area contributed by atoms with E-state index < -0.39 is 0 Å². The van der Waals surface area contributed by atoms with Crippen molar-refractivity contribution in [3.8, 4) is 17.5 Å². The molecular weight excluding hydrogens is 332 g/mol. The van der Waals surface area contributed by atoms with Crippen LogP contribution in [0.4, 0.5) is 5.82 Å². The molecule has 0 spiro atoms. The Bertz CT molecular complexity index is 1180. The Morgan fingerprint density at radius 2 is 2.08 bits per heavy atom. The molecule has 0 atom stereocenters. The Morgan fingerprint density at radius 1 is 1.28 bits per heavy atom. The maximum absolute atomic E-state index is 9.65. The topological polar surface area (TPSA) is 76.9 Å². The minimum absolute atomic E-state index is 0.430. The van der Waals surface area contributed by atoms with Crippen LogP contribution in [0.1, 0.15) is 16.7 Å². The first-order valence-corrected chi connectivity index (χ1v) is 8.67. The quantitative estimate of drug-likeness (QED) is 0.585. The maximum atomic E-state index is 9.65. The molecule has 0 saturated carbocycles. The standard InChI is InChI=1S/C19H16N4OS/c1-10-4-5-15(24-3)11(2)16(10)23-17-13(12(8-20)19(23)21)9-22-14-6-7-25-18(14)17/h4-7,9H,21H2,1-3H3. The number of nitriles is 1. The van der Waals surface area contributed by atoms with Gasteiger partial charge in [-0.3, -0.25) is 9.55 Å². The molecule has 6 heteroatoms. The second kappa shape index (κ2) is 5.50. The van der Waals surface area contributed by atoms with E-state index in [0.717, 1.165) is 43.7 Å². The van der Waals surface area contributed by atoms with Gasteiger partial charge in [-0.15, -0.1) is 11.3 Å². The van der Waals surface area contributed by atoms with Crippen molar-refractivity contribution >= 4 is 38.3 Å². The fraction of sp³-hybridized carbons (Fsp3) is 0.158. The van der Waals surface area contributed by atoms with Crippen LogP contribution in [0.2, 0.25) is 0 Å². The number of ether oxygens (including phenoxy) is 1. The van der Waals surface area contributed by atoms with Crippen LogP contribution in [-0.2, 0) is 0 Å². The van der Waals surface area contributed by atoms with Gasteiger partial charge in [0.15, 0.2) is 0 Å². The van der Waals surface area contributed by atoms with Crippen molar-refractivity contribution in [1.29, 1.82) is 5.26 Å². The van der Waals surface area contributed by atoms with Gasteiger partial charge in [0.05, 0.1) is 28.5 Å². The van der Waals surface area contributed by atoms with Gasteiger partial charge in [0, 0.05) is 17.1 Å². The molecule has 0 amide bonds. The van der Waals surface area contributed by atoms with Crippen LogP contribution in [0.25, 0.3) is 26.8 Å². The summed E-state index contributed by atoms with van der Waals surface area (Å²) in [6, 6.07) is 8.17. The fourth-order valence-electron chi connectivity index (χ4n) is 3.41. The van der Waals surface area contributed by atoms with Gasteiger partial charge in [0.1, 0.15) is 23.2 Å². The van der Waals surface area contributed by atoms with E-state index in [2.05, 4.69) is 11.1 Å². The van der Waals surface area contributed by atoms with E-state index in [9.17, 15) is 5.26 Å². The molecular formula is C19H16N4OS. The summed E-state index contributed by atoms with van der Waals surface area (Å²) in [5.41, 5.74) is 11.7. The Morgan fingerprint density at radius 3 is 2.80 bits per heavy atom. The van der Waals surface area contributed by atoms with Crippen LogP contribution in [0.15, 0.2) is 29.8 Å². The van der Waals surface area contributed by atoms with Gasteiger partial charge >= 0.3 is 0 Å². The number of aromatic nitrogens is 2.